The number of guanidine groups is 1. The molecule has 0 bridgehead atoms. The van der Waals surface area contributed by atoms with Crippen molar-refractivity contribution >= 4 is 35.6 Å². The predicted octanol–water partition coefficient (Wildman–Crippen LogP) is 3.55. The monoisotopic (exact) mass is 546 g/mol. The second-order valence-electron chi connectivity index (χ2n) is 7.08. The number of nitrogens with zero attached hydrogens (tertiary/aromatic N) is 2. The third-order valence-electron chi connectivity index (χ3n) is 4.74. The van der Waals surface area contributed by atoms with Crippen molar-refractivity contribution in [3.8, 4) is 5.75 Å². The minimum absolute atomic E-state index is 0. The van der Waals surface area contributed by atoms with Crippen LogP contribution in [0.15, 0.2) is 47.5 Å². The van der Waals surface area contributed by atoms with E-state index in [0.717, 1.165) is 5.56 Å². The molecule has 1 atom stereocenters. The van der Waals surface area contributed by atoms with Gasteiger partial charge in [0.1, 0.15) is 23.5 Å². The first-order valence-electron chi connectivity index (χ1n) is 10.0. The first kappa shape index (κ1) is 25.1. The summed E-state index contributed by atoms with van der Waals surface area (Å²) in [6, 6.07) is 11.3. The number of rotatable bonds is 7. The highest BCUT2D eigenvalue weighted by atomic mass is 127. The Morgan fingerprint density at radius 3 is 2.61 bits per heavy atom. The quantitative estimate of drug-likeness (QED) is 0.316. The van der Waals surface area contributed by atoms with E-state index in [2.05, 4.69) is 15.6 Å². The van der Waals surface area contributed by atoms with Crippen LogP contribution in [-0.4, -0.2) is 52.0 Å². The maximum absolute atomic E-state index is 14.5. The van der Waals surface area contributed by atoms with Gasteiger partial charge in [-0.2, -0.15) is 0 Å². The van der Waals surface area contributed by atoms with Gasteiger partial charge in [-0.15, -0.1) is 24.0 Å². The molecule has 0 aliphatic carbocycles. The molecule has 1 fully saturated rings. The van der Waals surface area contributed by atoms with E-state index in [9.17, 15) is 8.78 Å². The van der Waals surface area contributed by atoms with E-state index in [0.29, 0.717) is 56.8 Å². The molecule has 1 aliphatic rings. The molecular weight excluding hydrogens is 517 g/mol. The van der Waals surface area contributed by atoms with Crippen LogP contribution in [0.3, 0.4) is 0 Å². The molecule has 9 heteroatoms. The highest BCUT2D eigenvalue weighted by Crippen LogP contribution is 2.21. The topological polar surface area (TPSA) is 58.1 Å². The number of hydrogen-bond donors (Lipinski definition) is 2. The number of hydrogen-bond acceptors (Lipinski definition) is 4. The Labute approximate surface area is 199 Å². The van der Waals surface area contributed by atoms with E-state index < -0.39 is 0 Å². The Hall–Kier alpha value is -2.14. The molecule has 31 heavy (non-hydrogen) atoms. The van der Waals surface area contributed by atoms with Gasteiger partial charge in [0.05, 0.1) is 25.4 Å². The smallest absolute Gasteiger partial charge is 0.191 e. The molecule has 0 aromatic heterocycles. The van der Waals surface area contributed by atoms with Crippen LogP contribution in [0.4, 0.5) is 14.5 Å². The first-order chi connectivity index (χ1) is 14.5. The predicted molar refractivity (Wildman–Crippen MR) is 130 cm³/mol. The van der Waals surface area contributed by atoms with Gasteiger partial charge in [-0.1, -0.05) is 12.1 Å². The lowest BCUT2D eigenvalue weighted by Gasteiger charge is -2.29. The number of morpholine rings is 1. The number of halogens is 3. The van der Waals surface area contributed by atoms with E-state index in [4.69, 9.17) is 9.47 Å². The van der Waals surface area contributed by atoms with E-state index >= 15 is 0 Å². The number of anilines is 1. The van der Waals surface area contributed by atoms with E-state index in [-0.39, 0.29) is 41.7 Å². The fourth-order valence-electron chi connectivity index (χ4n) is 3.18. The van der Waals surface area contributed by atoms with Crippen LogP contribution in [0, 0.1) is 11.6 Å². The van der Waals surface area contributed by atoms with Crippen molar-refractivity contribution in [1.82, 2.24) is 10.6 Å². The summed E-state index contributed by atoms with van der Waals surface area (Å²) in [5.41, 5.74) is 1.42. The zero-order valence-electron chi connectivity index (χ0n) is 17.7. The lowest BCUT2D eigenvalue weighted by atomic mass is 10.1. The molecule has 1 heterocycles. The van der Waals surface area contributed by atoms with Crippen LogP contribution in [0.1, 0.15) is 12.5 Å². The zero-order valence-corrected chi connectivity index (χ0v) is 20.1. The summed E-state index contributed by atoms with van der Waals surface area (Å²) >= 11 is 0. The van der Waals surface area contributed by atoms with Crippen LogP contribution >= 0.6 is 24.0 Å². The van der Waals surface area contributed by atoms with Gasteiger partial charge < -0.3 is 25.0 Å². The van der Waals surface area contributed by atoms with Crippen LogP contribution < -0.4 is 20.3 Å². The van der Waals surface area contributed by atoms with Crippen LogP contribution in [0.2, 0.25) is 0 Å². The lowest BCUT2D eigenvalue weighted by Crippen LogP contribution is -2.41. The minimum atomic E-state index is -0.336. The number of ether oxygens (including phenoxy) is 2. The second kappa shape index (κ2) is 12.7. The average Bonchev–Trinajstić information content (AvgIpc) is 2.74. The van der Waals surface area contributed by atoms with Gasteiger partial charge in [-0.25, -0.2) is 8.78 Å². The van der Waals surface area contributed by atoms with Crippen molar-refractivity contribution in [2.75, 3.05) is 44.8 Å². The molecule has 0 radical (unpaired) electrons. The summed E-state index contributed by atoms with van der Waals surface area (Å²) in [5.74, 6) is 0.471. The minimum Gasteiger partial charge on any atom is -0.489 e. The van der Waals surface area contributed by atoms with Crippen molar-refractivity contribution in [1.29, 1.82) is 0 Å². The summed E-state index contributed by atoms with van der Waals surface area (Å²) in [6.45, 7) is 5.41. The Morgan fingerprint density at radius 1 is 1.16 bits per heavy atom. The molecule has 0 saturated carbocycles. The molecule has 6 nitrogen and oxygen atoms in total. The Kier molecular flexibility index (Phi) is 10.3. The number of nitrogens with one attached hydrogen (secondary N) is 2. The first-order valence-corrected chi connectivity index (χ1v) is 10.0. The normalized spacial score (nSPS) is 15.1. The van der Waals surface area contributed by atoms with Gasteiger partial charge in [0.2, 0.25) is 0 Å². The molecular formula is C22H29F2IN4O2. The summed E-state index contributed by atoms with van der Waals surface area (Å²) in [6.07, 6.45) is -0.199. The molecule has 170 valence electrons. The van der Waals surface area contributed by atoms with E-state index in [1.807, 2.05) is 24.0 Å². The maximum atomic E-state index is 14.5. The SMILES string of the molecule is CN=C(NCc1ccc(N2CCOCC2)c(F)c1)NCC(C)Oc1cccc(F)c1.I. The summed E-state index contributed by atoms with van der Waals surface area (Å²) in [7, 11) is 1.66. The van der Waals surface area contributed by atoms with Crippen LogP contribution in [-0.2, 0) is 11.3 Å². The fraction of sp³-hybridized carbons (Fsp3) is 0.409. The van der Waals surface area contributed by atoms with E-state index in [1.54, 1.807) is 25.2 Å². The Balaban J connectivity index is 0.00000341. The third kappa shape index (κ3) is 7.80. The van der Waals surface area contributed by atoms with Crippen LogP contribution in [0.25, 0.3) is 0 Å². The largest absolute Gasteiger partial charge is 0.489 e. The molecule has 0 amide bonds. The molecule has 1 aliphatic heterocycles. The summed E-state index contributed by atoms with van der Waals surface area (Å²) < 4.78 is 38.8. The van der Waals surface area contributed by atoms with Gasteiger partial charge in [0, 0.05) is 32.7 Å². The van der Waals surface area contributed by atoms with Gasteiger partial charge in [-0.3, -0.25) is 4.99 Å². The fourth-order valence-corrected chi connectivity index (χ4v) is 3.18. The maximum Gasteiger partial charge on any atom is 0.191 e. The third-order valence-corrected chi connectivity index (χ3v) is 4.74. The standard InChI is InChI=1S/C22H28F2N4O2.HI/c1-16(30-19-5-3-4-18(23)13-19)14-26-22(25-2)27-15-17-6-7-21(20(24)12-17)28-8-10-29-11-9-28;/h3-7,12-13,16H,8-11,14-15H2,1-2H3,(H2,25,26,27);1H. The Morgan fingerprint density at radius 2 is 1.94 bits per heavy atom. The highest BCUT2D eigenvalue weighted by Gasteiger charge is 2.15. The van der Waals surface area contributed by atoms with Crippen molar-refractivity contribution in [3.05, 3.63) is 59.7 Å². The average molecular weight is 546 g/mol. The van der Waals surface area contributed by atoms with E-state index in [1.165, 1.54) is 12.1 Å². The number of benzene rings is 2. The van der Waals surface area contributed by atoms with Crippen molar-refractivity contribution in [2.45, 2.75) is 19.6 Å². The van der Waals surface area contributed by atoms with Gasteiger partial charge >= 0.3 is 0 Å². The Bertz CT molecular complexity index is 863. The van der Waals surface area contributed by atoms with Gasteiger partial charge in [0.25, 0.3) is 0 Å². The van der Waals surface area contributed by atoms with Crippen molar-refractivity contribution < 1.29 is 18.3 Å². The molecule has 2 aromatic carbocycles. The molecule has 0 spiro atoms. The molecule has 1 saturated heterocycles. The number of aliphatic imine (C=N–C) groups is 1. The summed E-state index contributed by atoms with van der Waals surface area (Å²) in [4.78, 5) is 6.17. The van der Waals surface area contributed by atoms with Crippen molar-refractivity contribution in [2.24, 2.45) is 4.99 Å². The summed E-state index contributed by atoms with van der Waals surface area (Å²) in [5, 5.41) is 6.32. The van der Waals surface area contributed by atoms with Crippen molar-refractivity contribution in [3.63, 3.8) is 0 Å². The van der Waals surface area contributed by atoms with Gasteiger partial charge in [0.15, 0.2) is 5.96 Å². The lowest BCUT2D eigenvalue weighted by molar-refractivity contribution is 0.122. The molecule has 1 unspecified atom stereocenters. The highest BCUT2D eigenvalue weighted by molar-refractivity contribution is 14.0. The zero-order chi connectivity index (χ0) is 21.3. The molecule has 3 rings (SSSR count). The molecule has 2 aromatic rings. The van der Waals surface area contributed by atoms with Crippen LogP contribution in [0.5, 0.6) is 5.75 Å². The molecule has 2 N–H and O–H groups in total. The van der Waals surface area contributed by atoms with Gasteiger partial charge in [-0.05, 0) is 36.8 Å². The second-order valence-corrected chi connectivity index (χ2v) is 7.08.